The zero-order valence-corrected chi connectivity index (χ0v) is 18.7. The van der Waals surface area contributed by atoms with Crippen LogP contribution in [0.15, 0.2) is 103 Å². The normalized spacial score (nSPS) is 15.0. The molecule has 0 bridgehead atoms. The zero-order valence-electron chi connectivity index (χ0n) is 18.7. The first-order valence-electron chi connectivity index (χ1n) is 11.6. The highest BCUT2D eigenvalue weighted by molar-refractivity contribution is 5.45. The van der Waals surface area contributed by atoms with Crippen LogP contribution in [0.3, 0.4) is 0 Å². The molecule has 1 atom stereocenters. The van der Waals surface area contributed by atoms with Crippen molar-refractivity contribution in [2.45, 2.75) is 25.5 Å². The standard InChI is InChI=1S/C30H29NO2/c1-3-8-23(9-4-1)17-19-32-27-13-7-12-26(21-27)30-29-15-14-28(20-25(29)16-18-31-30)33-22-24-10-5-2-6-11-24/h1-15,20-21,30-31H,16-19,22H2. The zero-order chi connectivity index (χ0) is 22.3. The van der Waals surface area contributed by atoms with Crippen LogP contribution >= 0.6 is 0 Å². The maximum atomic E-state index is 6.07. The van der Waals surface area contributed by atoms with Gasteiger partial charge in [-0.2, -0.15) is 0 Å². The van der Waals surface area contributed by atoms with E-state index in [0.29, 0.717) is 13.2 Å². The lowest BCUT2D eigenvalue weighted by Crippen LogP contribution is -2.30. The first kappa shape index (κ1) is 21.3. The van der Waals surface area contributed by atoms with Gasteiger partial charge in [0.1, 0.15) is 18.1 Å². The van der Waals surface area contributed by atoms with Crippen LogP contribution in [0.2, 0.25) is 0 Å². The van der Waals surface area contributed by atoms with Crippen LogP contribution in [0.25, 0.3) is 0 Å². The largest absolute Gasteiger partial charge is 0.493 e. The van der Waals surface area contributed by atoms with Gasteiger partial charge in [0.05, 0.1) is 12.6 Å². The first-order valence-corrected chi connectivity index (χ1v) is 11.6. The third-order valence-electron chi connectivity index (χ3n) is 6.11. The van der Waals surface area contributed by atoms with E-state index in [1.807, 2.05) is 30.3 Å². The van der Waals surface area contributed by atoms with Gasteiger partial charge in [-0.05, 0) is 58.5 Å². The number of hydrogen-bond donors (Lipinski definition) is 1. The molecule has 1 aliphatic rings. The minimum absolute atomic E-state index is 0.162. The Morgan fingerprint density at radius 3 is 2.27 bits per heavy atom. The minimum atomic E-state index is 0.162. The number of rotatable bonds is 8. The highest BCUT2D eigenvalue weighted by Crippen LogP contribution is 2.32. The first-order chi connectivity index (χ1) is 16.3. The van der Waals surface area contributed by atoms with E-state index in [4.69, 9.17) is 9.47 Å². The number of benzene rings is 4. The van der Waals surface area contributed by atoms with Gasteiger partial charge in [0.15, 0.2) is 0 Å². The molecule has 0 saturated carbocycles. The molecule has 1 heterocycles. The fourth-order valence-corrected chi connectivity index (χ4v) is 4.38. The summed E-state index contributed by atoms with van der Waals surface area (Å²) >= 11 is 0. The van der Waals surface area contributed by atoms with Crippen LogP contribution in [0.1, 0.15) is 33.9 Å². The van der Waals surface area contributed by atoms with E-state index in [0.717, 1.165) is 30.9 Å². The summed E-state index contributed by atoms with van der Waals surface area (Å²) in [4.78, 5) is 0. The average molecular weight is 436 g/mol. The van der Waals surface area contributed by atoms with Crippen molar-refractivity contribution in [3.8, 4) is 11.5 Å². The van der Waals surface area contributed by atoms with Gasteiger partial charge in [-0.15, -0.1) is 0 Å². The lowest BCUT2D eigenvalue weighted by Gasteiger charge is -2.28. The van der Waals surface area contributed by atoms with Crippen LogP contribution in [0.5, 0.6) is 11.5 Å². The molecule has 0 aromatic heterocycles. The van der Waals surface area contributed by atoms with Gasteiger partial charge in [-0.3, -0.25) is 0 Å². The topological polar surface area (TPSA) is 30.5 Å². The second-order valence-electron chi connectivity index (χ2n) is 8.43. The molecular weight excluding hydrogens is 406 g/mol. The highest BCUT2D eigenvalue weighted by atomic mass is 16.5. The molecule has 4 aromatic carbocycles. The maximum Gasteiger partial charge on any atom is 0.120 e. The summed E-state index contributed by atoms with van der Waals surface area (Å²) in [6.45, 7) is 2.20. The van der Waals surface area contributed by atoms with E-state index in [-0.39, 0.29) is 6.04 Å². The SMILES string of the molecule is c1ccc(CCOc2cccc(C3NCCc4cc(OCc5ccccc5)ccc43)c2)cc1. The van der Waals surface area contributed by atoms with Gasteiger partial charge in [0, 0.05) is 13.0 Å². The fourth-order valence-electron chi connectivity index (χ4n) is 4.38. The molecule has 1 unspecified atom stereocenters. The van der Waals surface area contributed by atoms with Crippen LogP contribution in [-0.2, 0) is 19.4 Å². The van der Waals surface area contributed by atoms with Gasteiger partial charge in [0.2, 0.25) is 0 Å². The Kier molecular flexibility index (Phi) is 6.69. The second kappa shape index (κ2) is 10.4. The van der Waals surface area contributed by atoms with Crippen molar-refractivity contribution in [1.82, 2.24) is 5.32 Å². The summed E-state index contributed by atoms with van der Waals surface area (Å²) < 4.78 is 12.1. The Hall–Kier alpha value is -3.56. The second-order valence-corrected chi connectivity index (χ2v) is 8.43. The van der Waals surface area contributed by atoms with Gasteiger partial charge < -0.3 is 14.8 Å². The van der Waals surface area contributed by atoms with Crippen molar-refractivity contribution in [2.24, 2.45) is 0 Å². The molecule has 1 aliphatic heterocycles. The quantitative estimate of drug-likeness (QED) is 0.362. The monoisotopic (exact) mass is 435 g/mol. The fraction of sp³-hybridized carbons (Fsp3) is 0.200. The molecule has 5 rings (SSSR count). The number of ether oxygens (including phenoxy) is 2. The van der Waals surface area contributed by atoms with Crippen molar-refractivity contribution in [1.29, 1.82) is 0 Å². The van der Waals surface area contributed by atoms with Crippen molar-refractivity contribution in [2.75, 3.05) is 13.2 Å². The van der Waals surface area contributed by atoms with Gasteiger partial charge >= 0.3 is 0 Å². The van der Waals surface area contributed by atoms with Crippen LogP contribution < -0.4 is 14.8 Å². The van der Waals surface area contributed by atoms with Crippen molar-refractivity contribution < 1.29 is 9.47 Å². The summed E-state index contributed by atoms with van der Waals surface area (Å²) in [5.41, 5.74) is 6.36. The predicted octanol–water partition coefficient (Wildman–Crippen LogP) is 6.12. The molecular formula is C30H29NO2. The highest BCUT2D eigenvalue weighted by Gasteiger charge is 2.22. The van der Waals surface area contributed by atoms with E-state index < -0.39 is 0 Å². The Labute approximate surface area is 196 Å². The van der Waals surface area contributed by atoms with E-state index in [1.54, 1.807) is 0 Å². The minimum Gasteiger partial charge on any atom is -0.493 e. The Morgan fingerprint density at radius 2 is 1.45 bits per heavy atom. The molecule has 33 heavy (non-hydrogen) atoms. The summed E-state index contributed by atoms with van der Waals surface area (Å²) in [6.07, 6.45) is 1.91. The molecule has 0 radical (unpaired) electrons. The molecule has 0 aliphatic carbocycles. The average Bonchev–Trinajstić information content (AvgIpc) is 2.88. The predicted molar refractivity (Wildman–Crippen MR) is 133 cm³/mol. The molecule has 4 aromatic rings. The molecule has 0 amide bonds. The molecule has 3 heteroatoms. The number of nitrogens with one attached hydrogen (secondary N) is 1. The smallest absolute Gasteiger partial charge is 0.120 e. The van der Waals surface area contributed by atoms with Gasteiger partial charge in [-0.1, -0.05) is 78.9 Å². The Morgan fingerprint density at radius 1 is 0.697 bits per heavy atom. The molecule has 0 fully saturated rings. The third kappa shape index (κ3) is 5.44. The molecule has 3 nitrogen and oxygen atoms in total. The summed E-state index contributed by atoms with van der Waals surface area (Å²) in [5, 5.41) is 3.68. The van der Waals surface area contributed by atoms with Gasteiger partial charge in [0.25, 0.3) is 0 Å². The van der Waals surface area contributed by atoms with E-state index in [2.05, 4.69) is 78.1 Å². The van der Waals surface area contributed by atoms with Crippen LogP contribution in [0, 0.1) is 0 Å². The summed E-state index contributed by atoms with van der Waals surface area (Å²) in [6, 6.07) is 35.9. The lowest BCUT2D eigenvalue weighted by atomic mass is 9.89. The lowest BCUT2D eigenvalue weighted by molar-refractivity contribution is 0.305. The Bertz CT molecular complexity index is 1170. The number of hydrogen-bond acceptors (Lipinski definition) is 3. The third-order valence-corrected chi connectivity index (χ3v) is 6.11. The molecule has 166 valence electrons. The Balaban J connectivity index is 1.26. The summed E-state index contributed by atoms with van der Waals surface area (Å²) in [5.74, 6) is 1.84. The van der Waals surface area contributed by atoms with Crippen molar-refractivity contribution >= 4 is 0 Å². The van der Waals surface area contributed by atoms with Crippen molar-refractivity contribution in [3.05, 3.63) is 131 Å². The van der Waals surface area contributed by atoms with E-state index in [1.165, 1.54) is 27.8 Å². The van der Waals surface area contributed by atoms with Gasteiger partial charge in [-0.25, -0.2) is 0 Å². The summed E-state index contributed by atoms with van der Waals surface area (Å²) in [7, 11) is 0. The van der Waals surface area contributed by atoms with E-state index in [9.17, 15) is 0 Å². The molecule has 0 spiro atoms. The van der Waals surface area contributed by atoms with Crippen LogP contribution in [-0.4, -0.2) is 13.2 Å². The number of fused-ring (bicyclic) bond motifs is 1. The maximum absolute atomic E-state index is 6.07. The van der Waals surface area contributed by atoms with Crippen LogP contribution in [0.4, 0.5) is 0 Å². The van der Waals surface area contributed by atoms with E-state index >= 15 is 0 Å². The molecule has 1 N–H and O–H groups in total. The van der Waals surface area contributed by atoms with Crippen molar-refractivity contribution in [3.63, 3.8) is 0 Å². The molecule has 0 saturated heterocycles.